The van der Waals surface area contributed by atoms with Crippen LogP contribution < -0.4 is 10.6 Å². The first-order chi connectivity index (χ1) is 18.2. The Labute approximate surface area is 219 Å². The Hall–Kier alpha value is -3.48. The molecule has 2 aliphatic rings. The average molecular weight is 533 g/mol. The smallest absolute Gasteiger partial charge is 0.275 e. The molecule has 2 saturated carbocycles. The van der Waals surface area contributed by atoms with Gasteiger partial charge in [-0.2, -0.15) is 5.10 Å². The molecule has 0 aromatic carbocycles. The lowest BCUT2D eigenvalue weighted by Gasteiger charge is -2.20. The number of imidazole rings is 1. The highest BCUT2D eigenvalue weighted by Crippen LogP contribution is 2.38. The van der Waals surface area contributed by atoms with Gasteiger partial charge in [-0.15, -0.1) is 0 Å². The molecule has 38 heavy (non-hydrogen) atoms. The predicted molar refractivity (Wildman–Crippen MR) is 133 cm³/mol. The number of alkyl halides is 2. The highest BCUT2D eigenvalue weighted by Gasteiger charge is 2.41. The Morgan fingerprint density at radius 2 is 1.97 bits per heavy atom. The number of amides is 2. The number of carbonyl (C=O) groups is 2. The second-order valence-electron chi connectivity index (χ2n) is 10.2. The van der Waals surface area contributed by atoms with E-state index in [0.717, 1.165) is 50.7 Å². The number of rotatable bonds is 10. The SMILES string of the molecule is Cc1nonc1C(=O)NCc1cn2ncc(CN(C)CCC3(NC=O)CC3)cc2n1.FC1(F)CCCCC1. The molecule has 3 aromatic rings. The third-order valence-corrected chi connectivity index (χ3v) is 6.95. The number of nitrogens with zero attached hydrogens (tertiary/aromatic N) is 6. The summed E-state index contributed by atoms with van der Waals surface area (Å²) >= 11 is 0. The Kier molecular flexibility index (Phi) is 8.65. The van der Waals surface area contributed by atoms with E-state index >= 15 is 0 Å². The van der Waals surface area contributed by atoms with Crippen LogP contribution in [0.5, 0.6) is 0 Å². The van der Waals surface area contributed by atoms with Crippen LogP contribution in [0.4, 0.5) is 8.78 Å². The first-order valence-electron chi connectivity index (χ1n) is 12.9. The molecule has 0 atom stereocenters. The number of carbonyl (C=O) groups excluding carboxylic acids is 2. The molecule has 13 heteroatoms. The summed E-state index contributed by atoms with van der Waals surface area (Å²) in [6.07, 6.45) is 10.1. The number of hydrogen-bond acceptors (Lipinski definition) is 8. The molecule has 2 amide bonds. The van der Waals surface area contributed by atoms with Crippen LogP contribution in [-0.4, -0.2) is 67.2 Å². The van der Waals surface area contributed by atoms with Crippen molar-refractivity contribution in [2.75, 3.05) is 13.6 Å². The van der Waals surface area contributed by atoms with E-state index in [1.807, 2.05) is 12.3 Å². The molecule has 0 unspecified atom stereocenters. The third-order valence-electron chi connectivity index (χ3n) is 6.95. The van der Waals surface area contributed by atoms with E-state index in [9.17, 15) is 18.4 Å². The van der Waals surface area contributed by atoms with Gasteiger partial charge in [0.1, 0.15) is 5.69 Å². The molecular formula is C25H34F2N8O3. The second-order valence-corrected chi connectivity index (χ2v) is 10.2. The Bertz CT molecular complexity index is 1230. The van der Waals surface area contributed by atoms with Gasteiger partial charge < -0.3 is 15.5 Å². The fraction of sp³-hybridized carbons (Fsp3) is 0.600. The lowest BCUT2D eigenvalue weighted by molar-refractivity contribution is -0.110. The van der Waals surface area contributed by atoms with Gasteiger partial charge in [0.15, 0.2) is 11.3 Å². The van der Waals surface area contributed by atoms with Gasteiger partial charge in [0.05, 0.1) is 24.6 Å². The van der Waals surface area contributed by atoms with Crippen molar-refractivity contribution in [1.82, 2.24) is 40.4 Å². The Balaban J connectivity index is 0.000000360. The Morgan fingerprint density at radius 1 is 1.21 bits per heavy atom. The van der Waals surface area contributed by atoms with E-state index in [-0.39, 0.29) is 36.5 Å². The molecule has 2 fully saturated rings. The van der Waals surface area contributed by atoms with Crippen molar-refractivity contribution in [2.24, 2.45) is 0 Å². The minimum absolute atomic E-state index is 0.00121. The van der Waals surface area contributed by atoms with Crippen LogP contribution in [0.3, 0.4) is 0 Å². The summed E-state index contributed by atoms with van der Waals surface area (Å²) in [5, 5.41) is 17.3. The van der Waals surface area contributed by atoms with Crippen LogP contribution in [0.15, 0.2) is 23.1 Å². The average Bonchev–Trinajstić information content (AvgIpc) is 3.31. The van der Waals surface area contributed by atoms with Crippen LogP contribution in [0.2, 0.25) is 0 Å². The second kappa shape index (κ2) is 11.9. The van der Waals surface area contributed by atoms with Crippen molar-refractivity contribution in [2.45, 2.75) is 82.8 Å². The zero-order chi connectivity index (χ0) is 27.2. The van der Waals surface area contributed by atoms with Crippen LogP contribution in [0.1, 0.15) is 78.8 Å². The maximum atomic E-state index is 12.2. The van der Waals surface area contributed by atoms with E-state index in [2.05, 4.69) is 47.6 Å². The number of aromatic nitrogens is 5. The highest BCUT2D eigenvalue weighted by molar-refractivity contribution is 5.92. The number of nitrogens with one attached hydrogen (secondary N) is 2. The maximum Gasteiger partial charge on any atom is 0.275 e. The third kappa shape index (κ3) is 7.53. The van der Waals surface area contributed by atoms with E-state index in [1.165, 1.54) is 0 Å². The van der Waals surface area contributed by atoms with Crippen LogP contribution >= 0.6 is 0 Å². The minimum Gasteiger partial charge on any atom is -0.353 e. The minimum atomic E-state index is -2.32. The zero-order valence-electron chi connectivity index (χ0n) is 21.8. The van der Waals surface area contributed by atoms with Crippen molar-refractivity contribution in [3.05, 3.63) is 41.1 Å². The van der Waals surface area contributed by atoms with Crippen LogP contribution in [0.25, 0.3) is 5.65 Å². The number of fused-ring (bicyclic) bond motifs is 1. The number of hydrogen-bond donors (Lipinski definition) is 2. The van der Waals surface area contributed by atoms with E-state index in [4.69, 9.17) is 0 Å². The predicted octanol–water partition coefficient (Wildman–Crippen LogP) is 3.04. The molecule has 0 aliphatic heterocycles. The molecule has 0 radical (unpaired) electrons. The zero-order valence-corrected chi connectivity index (χ0v) is 21.8. The van der Waals surface area contributed by atoms with E-state index in [0.29, 0.717) is 29.9 Å². The van der Waals surface area contributed by atoms with Crippen LogP contribution in [0, 0.1) is 6.92 Å². The first kappa shape index (κ1) is 27.6. The summed E-state index contributed by atoms with van der Waals surface area (Å²) in [6, 6.07) is 1.98. The molecule has 3 heterocycles. The van der Waals surface area contributed by atoms with Crippen LogP contribution in [-0.2, 0) is 17.9 Å². The largest absolute Gasteiger partial charge is 0.353 e. The first-order valence-corrected chi connectivity index (χ1v) is 12.9. The molecule has 3 aromatic heterocycles. The maximum absolute atomic E-state index is 12.2. The lowest BCUT2D eigenvalue weighted by Crippen LogP contribution is -2.34. The molecule has 0 bridgehead atoms. The summed E-state index contributed by atoms with van der Waals surface area (Å²) in [6.45, 7) is 3.52. The summed E-state index contributed by atoms with van der Waals surface area (Å²) in [5.74, 6) is -2.68. The highest BCUT2D eigenvalue weighted by atomic mass is 19.3. The van der Waals surface area contributed by atoms with Gasteiger partial charge in [-0.3, -0.25) is 9.59 Å². The standard InChI is InChI=1S/C19H24N8O3.C6H10F2/c1-13-17(25-30-24-13)18(29)20-9-15-11-27-16(23-15)7-14(8-22-27)10-26(2)6-5-19(3-4-19)21-12-28;7-6(8)4-2-1-3-5-6/h7-8,11-12H,3-6,9-10H2,1-2H3,(H,20,29)(H,21,28);1-5H2. The molecule has 0 spiro atoms. The monoisotopic (exact) mass is 532 g/mol. The van der Waals surface area contributed by atoms with Gasteiger partial charge in [-0.1, -0.05) is 11.6 Å². The van der Waals surface area contributed by atoms with Gasteiger partial charge >= 0.3 is 0 Å². The summed E-state index contributed by atoms with van der Waals surface area (Å²) in [7, 11) is 2.05. The molecule has 2 N–H and O–H groups in total. The molecule has 11 nitrogen and oxygen atoms in total. The van der Waals surface area contributed by atoms with Crippen molar-refractivity contribution in [1.29, 1.82) is 0 Å². The molecule has 0 saturated heterocycles. The molecular weight excluding hydrogens is 498 g/mol. The fourth-order valence-corrected chi connectivity index (χ4v) is 4.44. The molecule has 5 rings (SSSR count). The van der Waals surface area contributed by atoms with E-state index < -0.39 is 5.92 Å². The number of aryl methyl sites for hydroxylation is 1. The number of halogens is 2. The summed E-state index contributed by atoms with van der Waals surface area (Å²) in [5.41, 5.74) is 3.05. The Morgan fingerprint density at radius 3 is 2.58 bits per heavy atom. The van der Waals surface area contributed by atoms with Gasteiger partial charge in [0.2, 0.25) is 12.3 Å². The van der Waals surface area contributed by atoms with Crippen molar-refractivity contribution < 1.29 is 23.0 Å². The lowest BCUT2D eigenvalue weighted by atomic mass is 9.97. The van der Waals surface area contributed by atoms with Gasteiger partial charge in [0, 0.05) is 31.5 Å². The van der Waals surface area contributed by atoms with E-state index in [1.54, 1.807) is 17.6 Å². The summed E-state index contributed by atoms with van der Waals surface area (Å²) < 4.78 is 30.6. The van der Waals surface area contributed by atoms with Gasteiger partial charge in [-0.25, -0.2) is 22.9 Å². The molecule has 206 valence electrons. The quantitative estimate of drug-likeness (QED) is 0.381. The van der Waals surface area contributed by atoms with Crippen molar-refractivity contribution >= 4 is 18.0 Å². The summed E-state index contributed by atoms with van der Waals surface area (Å²) in [4.78, 5) is 29.6. The van der Waals surface area contributed by atoms with Crippen molar-refractivity contribution in [3.63, 3.8) is 0 Å². The van der Waals surface area contributed by atoms with Gasteiger partial charge in [0.25, 0.3) is 5.91 Å². The normalized spacial score (nSPS) is 17.5. The topological polar surface area (TPSA) is 131 Å². The van der Waals surface area contributed by atoms with Crippen molar-refractivity contribution in [3.8, 4) is 0 Å². The molecule has 2 aliphatic carbocycles. The fourth-order valence-electron chi connectivity index (χ4n) is 4.44. The van der Waals surface area contributed by atoms with Gasteiger partial charge in [-0.05, 0) is 62.9 Å².